The molecule has 7 nitrogen and oxygen atoms in total. The molecule has 1 unspecified atom stereocenters. The van der Waals surface area contributed by atoms with Crippen LogP contribution < -0.4 is 10.6 Å². The van der Waals surface area contributed by atoms with E-state index in [-0.39, 0.29) is 23.6 Å². The molecule has 0 radical (unpaired) electrons. The molecule has 1 heterocycles. The smallest absolute Gasteiger partial charge is 0.326 e. The lowest BCUT2D eigenvalue weighted by molar-refractivity contribution is -0.139. The monoisotopic (exact) mass is 291 g/mol. The van der Waals surface area contributed by atoms with Crippen molar-refractivity contribution in [2.24, 2.45) is 0 Å². The molecular formula is C14H17N3O4. The number of carboxylic acids is 1. The van der Waals surface area contributed by atoms with Gasteiger partial charge in [-0.2, -0.15) is 0 Å². The fourth-order valence-electron chi connectivity index (χ4n) is 1.53. The minimum Gasteiger partial charge on any atom is -0.480 e. The summed E-state index contributed by atoms with van der Waals surface area (Å²) in [5.41, 5.74) is 0.368. The molecule has 0 aromatic carbocycles. The SMILES string of the molecule is C/C=C/CC(NC(=O)c1ccc(C(=O)NC)nc1)C(=O)O. The Morgan fingerprint density at radius 1 is 1.33 bits per heavy atom. The van der Waals surface area contributed by atoms with Crippen LogP contribution in [0, 0.1) is 0 Å². The Balaban J connectivity index is 2.78. The number of rotatable bonds is 6. The highest BCUT2D eigenvalue weighted by molar-refractivity contribution is 5.97. The first-order valence-electron chi connectivity index (χ1n) is 6.32. The van der Waals surface area contributed by atoms with Gasteiger partial charge in [0.15, 0.2) is 0 Å². The molecule has 0 saturated heterocycles. The summed E-state index contributed by atoms with van der Waals surface area (Å²) in [6, 6.07) is 1.81. The van der Waals surface area contributed by atoms with Crippen LogP contribution in [-0.4, -0.2) is 41.0 Å². The van der Waals surface area contributed by atoms with Crippen molar-refractivity contribution in [1.29, 1.82) is 0 Å². The number of amides is 2. The first-order chi connectivity index (χ1) is 9.99. The van der Waals surface area contributed by atoms with E-state index in [9.17, 15) is 14.4 Å². The fraction of sp³-hybridized carbons (Fsp3) is 0.286. The second-order valence-corrected chi connectivity index (χ2v) is 4.18. The summed E-state index contributed by atoms with van der Waals surface area (Å²) in [6.07, 6.45) is 4.80. The number of nitrogens with one attached hydrogen (secondary N) is 2. The summed E-state index contributed by atoms with van der Waals surface area (Å²) in [5, 5.41) is 13.8. The Labute approximate surface area is 122 Å². The van der Waals surface area contributed by atoms with E-state index in [2.05, 4.69) is 15.6 Å². The largest absolute Gasteiger partial charge is 0.480 e. The van der Waals surface area contributed by atoms with Crippen LogP contribution >= 0.6 is 0 Å². The molecule has 1 rings (SSSR count). The summed E-state index contributed by atoms with van der Waals surface area (Å²) in [6.45, 7) is 1.77. The van der Waals surface area contributed by atoms with Crippen LogP contribution in [-0.2, 0) is 4.79 Å². The molecule has 3 N–H and O–H groups in total. The van der Waals surface area contributed by atoms with Gasteiger partial charge < -0.3 is 15.7 Å². The Morgan fingerprint density at radius 2 is 2.05 bits per heavy atom. The first kappa shape index (κ1) is 16.4. The number of aliphatic carboxylic acids is 1. The minimum absolute atomic E-state index is 0.178. The molecule has 0 aliphatic rings. The summed E-state index contributed by atoms with van der Waals surface area (Å²) < 4.78 is 0. The molecule has 0 fully saturated rings. The maximum Gasteiger partial charge on any atom is 0.326 e. The van der Waals surface area contributed by atoms with E-state index in [0.29, 0.717) is 0 Å². The van der Waals surface area contributed by atoms with Crippen molar-refractivity contribution in [3.63, 3.8) is 0 Å². The van der Waals surface area contributed by atoms with E-state index in [1.54, 1.807) is 19.1 Å². The molecule has 0 bridgehead atoms. The van der Waals surface area contributed by atoms with Crippen molar-refractivity contribution in [2.45, 2.75) is 19.4 Å². The predicted octanol–water partition coefficient (Wildman–Crippen LogP) is 0.590. The molecule has 1 aromatic rings. The van der Waals surface area contributed by atoms with Crippen molar-refractivity contribution < 1.29 is 19.5 Å². The van der Waals surface area contributed by atoms with Gasteiger partial charge in [-0.25, -0.2) is 4.79 Å². The summed E-state index contributed by atoms with van der Waals surface area (Å²) in [5.74, 6) is -2.03. The van der Waals surface area contributed by atoms with E-state index in [0.717, 1.165) is 0 Å². The van der Waals surface area contributed by atoms with Crippen LogP contribution in [0.1, 0.15) is 34.2 Å². The van der Waals surface area contributed by atoms with Gasteiger partial charge in [0.25, 0.3) is 11.8 Å². The lowest BCUT2D eigenvalue weighted by Crippen LogP contribution is -2.40. The van der Waals surface area contributed by atoms with Gasteiger partial charge in [-0.15, -0.1) is 0 Å². The maximum atomic E-state index is 11.9. The van der Waals surface area contributed by atoms with Gasteiger partial charge in [-0.05, 0) is 25.5 Å². The molecule has 0 aliphatic carbocycles. The molecule has 0 spiro atoms. The highest BCUT2D eigenvalue weighted by Crippen LogP contribution is 2.03. The number of carboxylic acid groups (broad SMARTS) is 1. The third-order valence-corrected chi connectivity index (χ3v) is 2.70. The average molecular weight is 291 g/mol. The topological polar surface area (TPSA) is 108 Å². The van der Waals surface area contributed by atoms with Crippen LogP contribution in [0.3, 0.4) is 0 Å². The Hall–Kier alpha value is -2.70. The molecule has 1 atom stereocenters. The van der Waals surface area contributed by atoms with Gasteiger partial charge in [-0.1, -0.05) is 12.2 Å². The highest BCUT2D eigenvalue weighted by Gasteiger charge is 2.19. The Bertz CT molecular complexity index is 552. The second-order valence-electron chi connectivity index (χ2n) is 4.18. The number of carbonyl (C=O) groups excluding carboxylic acids is 2. The summed E-state index contributed by atoms with van der Waals surface area (Å²) in [7, 11) is 1.48. The molecule has 7 heteroatoms. The second kappa shape index (κ2) is 7.78. The van der Waals surface area contributed by atoms with Crippen molar-refractivity contribution in [3.8, 4) is 0 Å². The Morgan fingerprint density at radius 3 is 2.52 bits per heavy atom. The highest BCUT2D eigenvalue weighted by atomic mass is 16.4. The number of nitrogens with zero attached hydrogens (tertiary/aromatic N) is 1. The third-order valence-electron chi connectivity index (χ3n) is 2.70. The minimum atomic E-state index is -1.11. The average Bonchev–Trinajstić information content (AvgIpc) is 2.50. The van der Waals surface area contributed by atoms with Gasteiger partial charge >= 0.3 is 5.97 Å². The zero-order valence-corrected chi connectivity index (χ0v) is 11.8. The van der Waals surface area contributed by atoms with E-state index >= 15 is 0 Å². The molecular weight excluding hydrogens is 274 g/mol. The number of pyridine rings is 1. The van der Waals surface area contributed by atoms with Crippen LogP contribution in [0.4, 0.5) is 0 Å². The molecule has 21 heavy (non-hydrogen) atoms. The van der Waals surface area contributed by atoms with Gasteiger partial charge in [-0.3, -0.25) is 14.6 Å². The first-order valence-corrected chi connectivity index (χ1v) is 6.32. The Kier molecular flexibility index (Phi) is 6.06. The van der Waals surface area contributed by atoms with Crippen LogP contribution in [0.5, 0.6) is 0 Å². The normalized spacial score (nSPS) is 11.9. The van der Waals surface area contributed by atoms with Crippen molar-refractivity contribution in [3.05, 3.63) is 41.7 Å². The number of hydrogen-bond donors (Lipinski definition) is 3. The van der Waals surface area contributed by atoms with Gasteiger partial charge in [0.05, 0.1) is 5.56 Å². The standard InChI is InChI=1S/C14H17N3O4/c1-3-4-5-11(14(20)21)17-12(18)9-6-7-10(16-8-9)13(19)15-2/h3-4,6-8,11H,5H2,1-2H3,(H,15,19)(H,17,18)(H,20,21)/b4-3+. The molecule has 0 saturated carbocycles. The molecule has 1 aromatic heterocycles. The molecule has 112 valence electrons. The van der Waals surface area contributed by atoms with Gasteiger partial charge in [0.1, 0.15) is 11.7 Å². The number of carbonyl (C=O) groups is 3. The van der Waals surface area contributed by atoms with E-state index in [1.165, 1.54) is 25.4 Å². The van der Waals surface area contributed by atoms with Gasteiger partial charge in [0.2, 0.25) is 0 Å². The lowest BCUT2D eigenvalue weighted by Gasteiger charge is -2.12. The van der Waals surface area contributed by atoms with Crippen molar-refractivity contribution in [1.82, 2.24) is 15.6 Å². The number of allylic oxidation sites excluding steroid dienone is 1. The van der Waals surface area contributed by atoms with E-state index in [4.69, 9.17) is 5.11 Å². The van der Waals surface area contributed by atoms with Crippen LogP contribution in [0.15, 0.2) is 30.5 Å². The van der Waals surface area contributed by atoms with E-state index < -0.39 is 17.9 Å². The fourth-order valence-corrected chi connectivity index (χ4v) is 1.53. The predicted molar refractivity (Wildman–Crippen MR) is 75.9 cm³/mol. The third kappa shape index (κ3) is 4.72. The number of aromatic nitrogens is 1. The zero-order chi connectivity index (χ0) is 15.8. The zero-order valence-electron chi connectivity index (χ0n) is 11.8. The number of hydrogen-bond acceptors (Lipinski definition) is 4. The van der Waals surface area contributed by atoms with Crippen LogP contribution in [0.25, 0.3) is 0 Å². The molecule has 0 aliphatic heterocycles. The quantitative estimate of drug-likeness (QED) is 0.665. The maximum absolute atomic E-state index is 11.9. The van der Waals surface area contributed by atoms with Crippen molar-refractivity contribution in [2.75, 3.05) is 7.05 Å². The summed E-state index contributed by atoms with van der Waals surface area (Å²) >= 11 is 0. The van der Waals surface area contributed by atoms with Crippen molar-refractivity contribution >= 4 is 17.8 Å². The van der Waals surface area contributed by atoms with Gasteiger partial charge in [0, 0.05) is 13.2 Å². The van der Waals surface area contributed by atoms with E-state index in [1.807, 2.05) is 0 Å². The lowest BCUT2D eigenvalue weighted by atomic mass is 10.1. The molecule has 2 amide bonds. The summed E-state index contributed by atoms with van der Waals surface area (Å²) in [4.78, 5) is 38.1. The van der Waals surface area contributed by atoms with Crippen LogP contribution in [0.2, 0.25) is 0 Å².